The van der Waals surface area contributed by atoms with Gasteiger partial charge >= 0.3 is 0 Å². The number of benzene rings is 2. The molecule has 178 valence electrons. The molecule has 7 heteroatoms. The van der Waals surface area contributed by atoms with Crippen molar-refractivity contribution < 1.29 is 14.3 Å². The van der Waals surface area contributed by atoms with E-state index in [2.05, 4.69) is 17.1 Å². The third-order valence-corrected chi connectivity index (χ3v) is 7.48. The van der Waals surface area contributed by atoms with Crippen LogP contribution in [0.25, 0.3) is 0 Å². The van der Waals surface area contributed by atoms with Crippen molar-refractivity contribution in [2.24, 2.45) is 0 Å². The molecule has 5 nitrogen and oxygen atoms in total. The van der Waals surface area contributed by atoms with Crippen LogP contribution in [0.3, 0.4) is 0 Å². The Morgan fingerprint density at radius 1 is 1.15 bits per heavy atom. The van der Waals surface area contributed by atoms with Crippen molar-refractivity contribution in [2.45, 2.75) is 50.5 Å². The summed E-state index contributed by atoms with van der Waals surface area (Å²) >= 11 is 12.6. The van der Waals surface area contributed by atoms with Crippen LogP contribution in [-0.2, 0) is 14.9 Å². The molecule has 2 aliphatic heterocycles. The van der Waals surface area contributed by atoms with Gasteiger partial charge in [-0.2, -0.15) is 0 Å². The number of nitrogens with one attached hydrogen (secondary N) is 1. The lowest BCUT2D eigenvalue weighted by Crippen LogP contribution is -2.45. The van der Waals surface area contributed by atoms with Gasteiger partial charge in [0, 0.05) is 41.5 Å². The number of rotatable bonds is 7. The van der Waals surface area contributed by atoms with Gasteiger partial charge in [0.2, 0.25) is 5.91 Å². The lowest BCUT2D eigenvalue weighted by Gasteiger charge is -2.36. The van der Waals surface area contributed by atoms with Crippen molar-refractivity contribution in [1.82, 2.24) is 4.90 Å². The molecule has 2 aromatic carbocycles. The minimum Gasteiger partial charge on any atom is -0.492 e. The Morgan fingerprint density at radius 3 is 2.61 bits per heavy atom. The number of amides is 1. The molecule has 1 atom stereocenters. The van der Waals surface area contributed by atoms with Crippen LogP contribution >= 0.6 is 23.2 Å². The van der Waals surface area contributed by atoms with E-state index in [1.165, 1.54) is 19.3 Å². The fourth-order valence-electron chi connectivity index (χ4n) is 4.87. The van der Waals surface area contributed by atoms with E-state index >= 15 is 0 Å². The summed E-state index contributed by atoms with van der Waals surface area (Å²) in [6.07, 6.45) is 4.99. The van der Waals surface area contributed by atoms with E-state index < -0.39 is 5.41 Å². The van der Waals surface area contributed by atoms with Crippen molar-refractivity contribution >= 4 is 34.8 Å². The van der Waals surface area contributed by atoms with Gasteiger partial charge in [0.15, 0.2) is 0 Å². The number of piperidine rings is 1. The van der Waals surface area contributed by atoms with Crippen LogP contribution in [0.2, 0.25) is 10.0 Å². The topological polar surface area (TPSA) is 50.8 Å². The molecule has 0 radical (unpaired) electrons. The fourth-order valence-corrected chi connectivity index (χ4v) is 5.46. The number of anilines is 1. The summed E-state index contributed by atoms with van der Waals surface area (Å²) in [4.78, 5) is 16.0. The SMILES string of the molecule is C[C@H]1CCCCN1CCOc1ccc(NC(=O)C2(c3ccc(Cl)cc3Cl)CCOCC2)cc1. The molecule has 2 fully saturated rings. The molecule has 2 aromatic rings. The number of halogens is 2. The van der Waals surface area contributed by atoms with Crippen molar-refractivity contribution in [2.75, 3.05) is 38.2 Å². The molecule has 2 saturated heterocycles. The van der Waals surface area contributed by atoms with Crippen LogP contribution in [0.1, 0.15) is 44.6 Å². The Labute approximate surface area is 206 Å². The van der Waals surface area contributed by atoms with E-state index in [1.807, 2.05) is 30.3 Å². The third kappa shape index (κ3) is 5.83. The van der Waals surface area contributed by atoms with Crippen molar-refractivity contribution in [3.05, 3.63) is 58.1 Å². The van der Waals surface area contributed by atoms with E-state index in [9.17, 15) is 4.79 Å². The van der Waals surface area contributed by atoms with Crippen LogP contribution in [0, 0.1) is 0 Å². The second-order valence-electron chi connectivity index (χ2n) is 9.03. The number of carbonyl (C=O) groups is 1. The van der Waals surface area contributed by atoms with E-state index in [0.717, 1.165) is 30.1 Å². The average molecular weight is 491 g/mol. The standard InChI is InChI=1S/C26H32Cl2N2O3/c1-19-4-2-3-13-30(19)14-17-33-22-8-6-21(7-9-22)29-25(31)26(11-15-32-16-12-26)23-10-5-20(27)18-24(23)28/h5-10,18-19H,2-4,11-17H2,1H3,(H,29,31)/t19-/m0/s1. The van der Waals surface area contributed by atoms with Crippen LogP contribution in [0.5, 0.6) is 5.75 Å². The number of nitrogens with zero attached hydrogens (tertiary/aromatic N) is 1. The van der Waals surface area contributed by atoms with Crippen molar-refractivity contribution in [1.29, 1.82) is 0 Å². The number of carbonyl (C=O) groups excluding carboxylic acids is 1. The van der Waals surface area contributed by atoms with Crippen molar-refractivity contribution in [3.63, 3.8) is 0 Å². The molecule has 0 aliphatic carbocycles. The molecule has 2 heterocycles. The van der Waals surface area contributed by atoms with Crippen LogP contribution in [0.4, 0.5) is 5.69 Å². The van der Waals surface area contributed by atoms with E-state index in [0.29, 0.717) is 48.7 Å². The summed E-state index contributed by atoms with van der Waals surface area (Å²) in [5.41, 5.74) is 0.773. The predicted octanol–water partition coefficient (Wildman–Crippen LogP) is 5.93. The third-order valence-electron chi connectivity index (χ3n) is 6.93. The summed E-state index contributed by atoms with van der Waals surface area (Å²) < 4.78 is 11.5. The highest BCUT2D eigenvalue weighted by atomic mass is 35.5. The maximum Gasteiger partial charge on any atom is 0.235 e. The van der Waals surface area contributed by atoms with Gasteiger partial charge in [-0.3, -0.25) is 9.69 Å². The van der Waals surface area contributed by atoms with E-state index in [-0.39, 0.29) is 5.91 Å². The highest BCUT2D eigenvalue weighted by Gasteiger charge is 2.43. The first kappa shape index (κ1) is 24.3. The maximum atomic E-state index is 13.5. The molecule has 2 aliphatic rings. The molecule has 1 amide bonds. The second-order valence-corrected chi connectivity index (χ2v) is 9.87. The summed E-state index contributed by atoms with van der Waals surface area (Å²) in [7, 11) is 0. The van der Waals surface area contributed by atoms with Gasteiger partial charge in [-0.1, -0.05) is 35.7 Å². The zero-order chi connectivity index (χ0) is 23.3. The Balaban J connectivity index is 1.39. The zero-order valence-electron chi connectivity index (χ0n) is 19.1. The molecule has 4 rings (SSSR count). The summed E-state index contributed by atoms with van der Waals surface area (Å²) in [5.74, 6) is 0.724. The van der Waals surface area contributed by atoms with E-state index in [4.69, 9.17) is 32.7 Å². The summed E-state index contributed by atoms with van der Waals surface area (Å²) in [5, 5.41) is 4.14. The first-order valence-electron chi connectivity index (χ1n) is 11.8. The van der Waals surface area contributed by atoms with Crippen LogP contribution in [0.15, 0.2) is 42.5 Å². The zero-order valence-corrected chi connectivity index (χ0v) is 20.6. The van der Waals surface area contributed by atoms with Crippen LogP contribution < -0.4 is 10.1 Å². The van der Waals surface area contributed by atoms with Gasteiger partial charge in [0.1, 0.15) is 12.4 Å². The number of hydrogen-bond acceptors (Lipinski definition) is 4. The summed E-state index contributed by atoms with van der Waals surface area (Å²) in [6, 6.07) is 13.5. The molecular weight excluding hydrogens is 459 g/mol. The van der Waals surface area contributed by atoms with Gasteiger partial charge in [-0.05, 0) is 81.1 Å². The fraction of sp³-hybridized carbons (Fsp3) is 0.500. The molecule has 33 heavy (non-hydrogen) atoms. The summed E-state index contributed by atoms with van der Waals surface area (Å²) in [6.45, 7) is 6.06. The lowest BCUT2D eigenvalue weighted by molar-refractivity contribution is -0.125. The van der Waals surface area contributed by atoms with Gasteiger partial charge < -0.3 is 14.8 Å². The van der Waals surface area contributed by atoms with Crippen molar-refractivity contribution in [3.8, 4) is 5.75 Å². The van der Waals surface area contributed by atoms with Gasteiger partial charge in [0.25, 0.3) is 0 Å². The van der Waals surface area contributed by atoms with Crippen LogP contribution in [-0.4, -0.2) is 49.8 Å². The molecule has 0 saturated carbocycles. The Hall–Kier alpha value is -1.79. The predicted molar refractivity (Wildman–Crippen MR) is 134 cm³/mol. The van der Waals surface area contributed by atoms with Gasteiger partial charge in [-0.25, -0.2) is 0 Å². The molecule has 0 unspecified atom stereocenters. The highest BCUT2D eigenvalue weighted by molar-refractivity contribution is 6.35. The quantitative estimate of drug-likeness (QED) is 0.522. The number of likely N-dealkylation sites (tertiary alicyclic amines) is 1. The monoisotopic (exact) mass is 490 g/mol. The molecule has 1 N–H and O–H groups in total. The minimum absolute atomic E-state index is 0.0808. The first-order chi connectivity index (χ1) is 16.0. The second kappa shape index (κ2) is 11.1. The lowest BCUT2D eigenvalue weighted by atomic mass is 9.73. The Morgan fingerprint density at radius 2 is 1.91 bits per heavy atom. The minimum atomic E-state index is -0.750. The van der Waals surface area contributed by atoms with Gasteiger partial charge in [0.05, 0.1) is 5.41 Å². The maximum absolute atomic E-state index is 13.5. The molecule has 0 bridgehead atoms. The first-order valence-corrected chi connectivity index (χ1v) is 12.6. The smallest absolute Gasteiger partial charge is 0.235 e. The number of hydrogen-bond donors (Lipinski definition) is 1. The number of ether oxygens (including phenoxy) is 2. The Bertz CT molecular complexity index is 945. The molecule has 0 aromatic heterocycles. The molecular formula is C26H32Cl2N2O3. The average Bonchev–Trinajstić information content (AvgIpc) is 2.82. The largest absolute Gasteiger partial charge is 0.492 e. The molecule has 0 spiro atoms. The van der Waals surface area contributed by atoms with Gasteiger partial charge in [-0.15, -0.1) is 0 Å². The highest BCUT2D eigenvalue weighted by Crippen LogP contribution is 2.40. The Kier molecular flexibility index (Phi) is 8.18. The normalized spacial score (nSPS) is 20.9. The van der Waals surface area contributed by atoms with E-state index in [1.54, 1.807) is 12.1 Å².